The number of anilines is 2. The van der Waals surface area contributed by atoms with Gasteiger partial charge in [-0.1, -0.05) is 35.9 Å². The highest BCUT2D eigenvalue weighted by Gasteiger charge is 2.46. The number of amides is 1. The molecule has 2 N–H and O–H groups in total. The summed E-state index contributed by atoms with van der Waals surface area (Å²) in [7, 11) is 0. The molecule has 2 unspecified atom stereocenters. The molecule has 0 spiro atoms. The Kier molecular flexibility index (Phi) is 4.95. The van der Waals surface area contributed by atoms with Crippen LogP contribution in [0.3, 0.4) is 0 Å². The number of rotatable bonds is 3. The van der Waals surface area contributed by atoms with E-state index in [1.165, 1.54) is 17.2 Å². The molecule has 0 radical (unpaired) electrons. The Morgan fingerprint density at radius 3 is 2.59 bits per heavy atom. The number of benzene rings is 2. The molecular weight excluding hydrogens is 417 g/mol. The molecule has 0 fully saturated rings. The number of carbonyl (C=O) groups is 1. The number of alkyl halides is 3. The lowest BCUT2D eigenvalue weighted by molar-refractivity contribution is -0.173. The Balaban J connectivity index is 1.42. The Labute approximate surface area is 183 Å². The monoisotopic (exact) mass is 440 g/mol. The van der Waals surface area contributed by atoms with Crippen molar-refractivity contribution in [3.8, 4) is 0 Å². The smallest absolute Gasteiger partial charge is 0.363 e. The number of nitrogens with zero attached hydrogens (tertiary/aromatic N) is 2. The number of hydrogen-bond acceptors (Lipinski definition) is 3. The van der Waals surface area contributed by atoms with Crippen LogP contribution in [-0.2, 0) is 12.8 Å². The normalized spacial score (nSPS) is 19.8. The highest BCUT2D eigenvalue weighted by molar-refractivity contribution is 6.03. The van der Waals surface area contributed by atoms with Gasteiger partial charge in [-0.05, 0) is 55.0 Å². The van der Waals surface area contributed by atoms with E-state index in [0.717, 1.165) is 35.1 Å². The Morgan fingerprint density at radius 2 is 1.84 bits per heavy atom. The number of nitrogens with one attached hydrogen (secondary N) is 2. The van der Waals surface area contributed by atoms with E-state index < -0.39 is 24.2 Å². The van der Waals surface area contributed by atoms with E-state index in [0.29, 0.717) is 5.69 Å². The zero-order chi connectivity index (χ0) is 22.5. The van der Waals surface area contributed by atoms with Gasteiger partial charge in [0, 0.05) is 18.2 Å². The van der Waals surface area contributed by atoms with Crippen LogP contribution in [-0.4, -0.2) is 21.9 Å². The third-order valence-electron chi connectivity index (χ3n) is 6.26. The second kappa shape index (κ2) is 7.69. The minimum atomic E-state index is -4.49. The van der Waals surface area contributed by atoms with Crippen molar-refractivity contribution in [3.63, 3.8) is 0 Å². The summed E-state index contributed by atoms with van der Waals surface area (Å²) in [5.74, 6) is -0.345. The summed E-state index contributed by atoms with van der Waals surface area (Å²) in [6.07, 6.45) is -1.60. The fourth-order valence-corrected chi connectivity index (χ4v) is 4.55. The van der Waals surface area contributed by atoms with Gasteiger partial charge in [0.1, 0.15) is 5.82 Å². The van der Waals surface area contributed by atoms with Crippen molar-refractivity contribution < 1.29 is 18.0 Å². The second-order valence-corrected chi connectivity index (χ2v) is 8.55. The van der Waals surface area contributed by atoms with Gasteiger partial charge in [0.25, 0.3) is 5.91 Å². The lowest BCUT2D eigenvalue weighted by Crippen LogP contribution is -2.35. The van der Waals surface area contributed by atoms with E-state index in [-0.39, 0.29) is 17.9 Å². The maximum Gasteiger partial charge on any atom is 0.410 e. The van der Waals surface area contributed by atoms with Crippen molar-refractivity contribution in [3.05, 3.63) is 76.5 Å². The molecule has 1 amide bonds. The van der Waals surface area contributed by atoms with Crippen molar-refractivity contribution in [1.29, 1.82) is 0 Å². The van der Waals surface area contributed by atoms with Crippen LogP contribution in [0.1, 0.15) is 57.7 Å². The number of aromatic nitrogens is 2. The molecule has 0 bridgehead atoms. The first-order valence-electron chi connectivity index (χ1n) is 10.7. The summed E-state index contributed by atoms with van der Waals surface area (Å²) >= 11 is 0. The van der Waals surface area contributed by atoms with Crippen LogP contribution >= 0.6 is 0 Å². The molecule has 5 rings (SSSR count). The molecule has 8 heteroatoms. The first kappa shape index (κ1) is 20.6. The zero-order valence-corrected chi connectivity index (χ0v) is 17.5. The summed E-state index contributed by atoms with van der Waals surface area (Å²) in [6, 6.07) is 12.2. The molecule has 166 valence electrons. The fourth-order valence-electron chi connectivity index (χ4n) is 4.55. The van der Waals surface area contributed by atoms with E-state index in [4.69, 9.17) is 0 Å². The van der Waals surface area contributed by atoms with Crippen LogP contribution in [0.2, 0.25) is 0 Å². The Bertz CT molecular complexity index is 1170. The molecule has 1 aliphatic carbocycles. The largest absolute Gasteiger partial charge is 0.410 e. The topological polar surface area (TPSA) is 59.0 Å². The molecule has 1 aliphatic heterocycles. The van der Waals surface area contributed by atoms with Crippen LogP contribution in [0.15, 0.2) is 48.5 Å². The van der Waals surface area contributed by atoms with E-state index >= 15 is 0 Å². The van der Waals surface area contributed by atoms with E-state index in [1.807, 2.05) is 49.4 Å². The van der Waals surface area contributed by atoms with Crippen LogP contribution in [0.25, 0.3) is 0 Å². The molecule has 3 aromatic rings. The highest BCUT2D eigenvalue weighted by Crippen LogP contribution is 2.43. The lowest BCUT2D eigenvalue weighted by atomic mass is 9.96. The number of carbonyl (C=O) groups excluding carboxylic acids is 1. The maximum absolute atomic E-state index is 13.9. The lowest BCUT2D eigenvalue weighted by Gasteiger charge is -2.33. The first-order chi connectivity index (χ1) is 15.3. The molecule has 32 heavy (non-hydrogen) atoms. The van der Waals surface area contributed by atoms with Gasteiger partial charge in [-0.2, -0.15) is 18.3 Å². The summed E-state index contributed by atoms with van der Waals surface area (Å²) in [6.45, 7) is 1.93. The average molecular weight is 440 g/mol. The van der Waals surface area contributed by atoms with Gasteiger partial charge in [0.15, 0.2) is 11.7 Å². The van der Waals surface area contributed by atoms with E-state index in [1.54, 1.807) is 0 Å². The van der Waals surface area contributed by atoms with E-state index in [9.17, 15) is 18.0 Å². The average Bonchev–Trinajstić information content (AvgIpc) is 3.39. The molecule has 2 aliphatic rings. The molecule has 2 heterocycles. The predicted octanol–water partition coefficient (Wildman–Crippen LogP) is 5.59. The summed E-state index contributed by atoms with van der Waals surface area (Å²) < 4.78 is 42.5. The van der Waals surface area contributed by atoms with Gasteiger partial charge >= 0.3 is 6.18 Å². The van der Waals surface area contributed by atoms with Gasteiger partial charge in [-0.15, -0.1) is 0 Å². The SMILES string of the molecule is Cc1ccc(C2CC(C(F)(F)F)n3nc(C(=O)Nc4ccc5c(c4)CCC5)cc3N2)cc1. The minimum Gasteiger partial charge on any atom is -0.363 e. The Morgan fingerprint density at radius 1 is 1.09 bits per heavy atom. The van der Waals surface area contributed by atoms with Gasteiger partial charge in [0.2, 0.25) is 0 Å². The van der Waals surface area contributed by atoms with Crippen molar-refractivity contribution in [2.24, 2.45) is 0 Å². The van der Waals surface area contributed by atoms with Crippen molar-refractivity contribution in [2.75, 3.05) is 10.6 Å². The Hall–Kier alpha value is -3.29. The van der Waals surface area contributed by atoms with Gasteiger partial charge < -0.3 is 10.6 Å². The van der Waals surface area contributed by atoms with Crippen LogP contribution in [0, 0.1) is 6.92 Å². The number of fused-ring (bicyclic) bond motifs is 2. The van der Waals surface area contributed by atoms with Gasteiger partial charge in [0.05, 0.1) is 6.04 Å². The zero-order valence-electron chi connectivity index (χ0n) is 17.5. The van der Waals surface area contributed by atoms with Crippen molar-refractivity contribution >= 4 is 17.4 Å². The van der Waals surface area contributed by atoms with Crippen LogP contribution in [0.5, 0.6) is 0 Å². The second-order valence-electron chi connectivity index (χ2n) is 8.55. The molecule has 1 aromatic heterocycles. The van der Waals surface area contributed by atoms with Crippen molar-refractivity contribution in [2.45, 2.75) is 50.9 Å². The summed E-state index contributed by atoms with van der Waals surface area (Å²) in [5.41, 5.74) is 4.85. The number of hydrogen-bond donors (Lipinski definition) is 2. The number of halogens is 3. The fraction of sp³-hybridized carbons (Fsp3) is 0.333. The molecule has 0 saturated carbocycles. The first-order valence-corrected chi connectivity index (χ1v) is 10.7. The number of aryl methyl sites for hydroxylation is 3. The van der Waals surface area contributed by atoms with Crippen LogP contribution in [0.4, 0.5) is 24.7 Å². The van der Waals surface area contributed by atoms with Gasteiger partial charge in [-0.25, -0.2) is 4.68 Å². The summed E-state index contributed by atoms with van der Waals surface area (Å²) in [5, 5.41) is 9.94. The molecule has 5 nitrogen and oxygen atoms in total. The third-order valence-corrected chi connectivity index (χ3v) is 6.26. The predicted molar refractivity (Wildman–Crippen MR) is 116 cm³/mol. The molecule has 2 atom stereocenters. The maximum atomic E-state index is 13.9. The highest BCUT2D eigenvalue weighted by atomic mass is 19.4. The van der Waals surface area contributed by atoms with Crippen LogP contribution < -0.4 is 10.6 Å². The summed E-state index contributed by atoms with van der Waals surface area (Å²) in [4.78, 5) is 12.8. The van der Waals surface area contributed by atoms with Gasteiger partial charge in [-0.3, -0.25) is 4.79 Å². The van der Waals surface area contributed by atoms with Crippen molar-refractivity contribution in [1.82, 2.24) is 9.78 Å². The third kappa shape index (κ3) is 3.85. The van der Waals surface area contributed by atoms with E-state index in [2.05, 4.69) is 15.7 Å². The minimum absolute atomic E-state index is 0.0493. The molecular formula is C24H23F3N4O. The molecule has 0 saturated heterocycles. The quantitative estimate of drug-likeness (QED) is 0.558. The standard InChI is InChI=1S/C24H23F3N4O/c1-14-5-7-16(8-6-14)19-12-21(24(25,26)27)31-22(29-19)13-20(30-31)23(32)28-18-10-9-15-3-2-4-17(15)11-18/h5-11,13,19,21,29H,2-4,12H2,1H3,(H,28,32). The molecule has 2 aromatic carbocycles.